The Bertz CT molecular complexity index is 1650. The summed E-state index contributed by atoms with van der Waals surface area (Å²) in [7, 11) is -0.663. The second kappa shape index (κ2) is 10.5. The molecular weight excluding hydrogens is 524 g/mol. The van der Waals surface area contributed by atoms with Crippen LogP contribution in [0.15, 0.2) is 53.4 Å². The summed E-state index contributed by atoms with van der Waals surface area (Å²) in [5, 5.41) is 12.8. The molecule has 0 saturated carbocycles. The predicted octanol–water partition coefficient (Wildman–Crippen LogP) is 2.46. The first kappa shape index (κ1) is 26.4. The van der Waals surface area contributed by atoms with Gasteiger partial charge < -0.3 is 19.1 Å². The maximum absolute atomic E-state index is 12.9. The third-order valence-corrected chi connectivity index (χ3v) is 7.90. The minimum atomic E-state index is -3.77. The number of anilines is 1. The van der Waals surface area contributed by atoms with Gasteiger partial charge in [-0.1, -0.05) is 0 Å². The summed E-state index contributed by atoms with van der Waals surface area (Å²) in [5.41, 5.74) is 2.81. The Hall–Kier alpha value is -4.23. The molecule has 39 heavy (non-hydrogen) atoms. The molecule has 13 heteroatoms. The molecule has 0 aliphatic carbocycles. The number of amides is 1. The third kappa shape index (κ3) is 5.10. The number of fused-ring (bicyclic) bond motifs is 2. The van der Waals surface area contributed by atoms with Crippen LogP contribution in [0.3, 0.4) is 0 Å². The normalized spacial score (nSPS) is 14.9. The zero-order valence-corrected chi connectivity index (χ0v) is 22.7. The highest BCUT2D eigenvalue weighted by Gasteiger charge is 2.30. The molecule has 0 spiro atoms. The van der Waals surface area contributed by atoms with E-state index in [2.05, 4.69) is 20.0 Å². The second-order valence-corrected chi connectivity index (χ2v) is 10.8. The molecule has 1 amide bonds. The lowest BCUT2D eigenvalue weighted by Gasteiger charge is -2.20. The first-order chi connectivity index (χ1) is 18.7. The van der Waals surface area contributed by atoms with E-state index >= 15 is 0 Å². The molecule has 0 radical (unpaired) electrons. The Labute approximate surface area is 225 Å². The van der Waals surface area contributed by atoms with Gasteiger partial charge in [-0.25, -0.2) is 13.1 Å². The molecule has 3 heterocycles. The van der Waals surface area contributed by atoms with Crippen molar-refractivity contribution in [3.63, 3.8) is 0 Å². The van der Waals surface area contributed by atoms with Gasteiger partial charge in [-0.05, 0) is 61.4 Å². The molecule has 12 nitrogen and oxygen atoms in total. The summed E-state index contributed by atoms with van der Waals surface area (Å²) in [6, 6.07) is 13.5. The van der Waals surface area contributed by atoms with Crippen LogP contribution in [0, 0.1) is 0 Å². The largest absolute Gasteiger partial charge is 0.493 e. The van der Waals surface area contributed by atoms with Gasteiger partial charge in [0, 0.05) is 36.8 Å². The fraction of sp³-hybridized carbons (Fsp3) is 0.308. The molecule has 1 aliphatic heterocycles. The van der Waals surface area contributed by atoms with Crippen molar-refractivity contribution in [3.8, 4) is 28.8 Å². The zero-order chi connectivity index (χ0) is 27.7. The molecule has 1 N–H and O–H groups in total. The van der Waals surface area contributed by atoms with Gasteiger partial charge in [-0.2, -0.15) is 4.52 Å². The lowest BCUT2D eigenvalue weighted by molar-refractivity contribution is -0.116. The van der Waals surface area contributed by atoms with Crippen LogP contribution in [0.25, 0.3) is 17.0 Å². The molecular formula is C26H28N6O6S. The van der Waals surface area contributed by atoms with E-state index in [4.69, 9.17) is 14.2 Å². The van der Waals surface area contributed by atoms with Crippen LogP contribution >= 0.6 is 0 Å². The van der Waals surface area contributed by atoms with Gasteiger partial charge in [0.25, 0.3) is 0 Å². The highest BCUT2D eigenvalue weighted by molar-refractivity contribution is 7.89. The number of hydrogen-bond donors (Lipinski definition) is 1. The lowest BCUT2D eigenvalue weighted by Crippen LogP contribution is -2.33. The maximum Gasteiger partial charge on any atom is 0.240 e. The van der Waals surface area contributed by atoms with Gasteiger partial charge in [0.15, 0.2) is 23.0 Å². The molecule has 204 valence electrons. The third-order valence-electron chi connectivity index (χ3n) is 6.44. The summed E-state index contributed by atoms with van der Waals surface area (Å²) in [4.78, 5) is 13.8. The predicted molar refractivity (Wildman–Crippen MR) is 143 cm³/mol. The number of benzene rings is 2. The van der Waals surface area contributed by atoms with Gasteiger partial charge in [0.05, 0.1) is 19.1 Å². The Kier molecular flexibility index (Phi) is 7.10. The smallest absolute Gasteiger partial charge is 0.240 e. The number of nitrogens with one attached hydrogen (secondary N) is 1. The second-order valence-electron chi connectivity index (χ2n) is 9.01. The summed E-state index contributed by atoms with van der Waals surface area (Å²) in [5.74, 6) is 1.81. The van der Waals surface area contributed by atoms with Gasteiger partial charge >= 0.3 is 0 Å². The van der Waals surface area contributed by atoms with Crippen LogP contribution in [0.2, 0.25) is 0 Å². The van der Waals surface area contributed by atoms with Crippen LogP contribution in [-0.2, 0) is 21.2 Å². The molecule has 4 aromatic rings. The average Bonchev–Trinajstić information content (AvgIpc) is 3.50. The Morgan fingerprint density at radius 2 is 1.85 bits per heavy atom. The number of ether oxygens (including phenoxy) is 3. The van der Waals surface area contributed by atoms with Crippen molar-refractivity contribution >= 4 is 27.3 Å². The maximum atomic E-state index is 12.9. The number of sulfonamides is 1. The minimum absolute atomic E-state index is 0.0142. The Morgan fingerprint density at radius 3 is 2.59 bits per heavy atom. The van der Waals surface area contributed by atoms with E-state index in [9.17, 15) is 13.2 Å². The molecule has 0 bridgehead atoms. The zero-order valence-electron chi connectivity index (χ0n) is 21.9. The van der Waals surface area contributed by atoms with Crippen LogP contribution in [0.4, 0.5) is 5.69 Å². The first-order valence-electron chi connectivity index (χ1n) is 12.2. The number of carbonyl (C=O) groups is 1. The fourth-order valence-electron chi connectivity index (χ4n) is 4.67. The highest BCUT2D eigenvalue weighted by Crippen LogP contribution is 2.34. The van der Waals surface area contributed by atoms with Crippen molar-refractivity contribution in [3.05, 3.63) is 54.1 Å². The number of aromatic nitrogens is 4. The quantitative estimate of drug-likeness (QED) is 0.310. The van der Waals surface area contributed by atoms with Crippen LogP contribution < -0.4 is 23.8 Å². The van der Waals surface area contributed by atoms with E-state index in [1.165, 1.54) is 17.5 Å². The SMILES string of the molecule is COc1ccc(-c2nnc3ccc(OCCNS(=O)(=O)c4ccc5c(c4)CC(C)N5C(C)=O)nn23)cc1OC. The lowest BCUT2D eigenvalue weighted by atomic mass is 10.1. The molecule has 0 saturated heterocycles. The van der Waals surface area contributed by atoms with Crippen LogP contribution in [0.1, 0.15) is 19.4 Å². The van der Waals surface area contributed by atoms with E-state index in [0.717, 1.165) is 11.3 Å². The van der Waals surface area contributed by atoms with Crippen molar-refractivity contribution in [2.75, 3.05) is 32.3 Å². The van der Waals surface area contributed by atoms with Gasteiger partial charge in [-0.3, -0.25) is 4.79 Å². The Morgan fingerprint density at radius 1 is 1.05 bits per heavy atom. The Balaban J connectivity index is 1.25. The van der Waals surface area contributed by atoms with Gasteiger partial charge in [0.1, 0.15) is 6.61 Å². The average molecular weight is 553 g/mol. The van der Waals surface area contributed by atoms with Crippen molar-refractivity contribution < 1.29 is 27.4 Å². The molecule has 2 aromatic heterocycles. The fourth-order valence-corrected chi connectivity index (χ4v) is 5.74. The topological polar surface area (TPSA) is 137 Å². The summed E-state index contributed by atoms with van der Waals surface area (Å²) in [6.07, 6.45) is 0.601. The van der Waals surface area contributed by atoms with Gasteiger partial charge in [-0.15, -0.1) is 15.3 Å². The molecule has 5 rings (SSSR count). The summed E-state index contributed by atoms with van der Waals surface area (Å²) >= 11 is 0. The van der Waals surface area contributed by atoms with E-state index in [1.54, 1.807) is 55.5 Å². The van der Waals surface area contributed by atoms with E-state index in [0.29, 0.717) is 35.0 Å². The number of nitrogens with zero attached hydrogens (tertiary/aromatic N) is 5. The molecule has 1 aliphatic rings. The van der Waals surface area contributed by atoms with Crippen molar-refractivity contribution in [2.24, 2.45) is 0 Å². The monoisotopic (exact) mass is 552 g/mol. The summed E-state index contributed by atoms with van der Waals surface area (Å²) in [6.45, 7) is 3.52. The number of carbonyl (C=O) groups excluding carboxylic acids is 1. The molecule has 1 atom stereocenters. The number of methoxy groups -OCH3 is 2. The minimum Gasteiger partial charge on any atom is -0.493 e. The molecule has 2 aromatic carbocycles. The molecule has 1 unspecified atom stereocenters. The van der Waals surface area contributed by atoms with Crippen LogP contribution in [-0.4, -0.2) is 67.5 Å². The van der Waals surface area contributed by atoms with E-state index in [1.807, 2.05) is 13.0 Å². The summed E-state index contributed by atoms with van der Waals surface area (Å²) < 4.78 is 46.2. The van der Waals surface area contributed by atoms with Crippen molar-refractivity contribution in [2.45, 2.75) is 31.2 Å². The molecule has 0 fully saturated rings. The number of rotatable bonds is 9. The van der Waals surface area contributed by atoms with E-state index in [-0.39, 0.29) is 35.9 Å². The van der Waals surface area contributed by atoms with Crippen molar-refractivity contribution in [1.29, 1.82) is 0 Å². The van der Waals surface area contributed by atoms with Crippen molar-refractivity contribution in [1.82, 2.24) is 24.5 Å². The van der Waals surface area contributed by atoms with E-state index < -0.39 is 10.0 Å². The highest BCUT2D eigenvalue weighted by atomic mass is 32.2. The standard InChI is InChI=1S/C26H28N6O6S/c1-16-13-19-14-20(6-7-21(19)31(16)17(2)33)39(34,35)27-11-12-38-25-10-9-24-28-29-26(32(24)30-25)18-5-8-22(36-3)23(15-18)37-4/h5-10,14-16,27H,11-13H2,1-4H3. The van der Waals surface area contributed by atoms with Crippen LogP contribution in [0.5, 0.6) is 17.4 Å². The van der Waals surface area contributed by atoms with Gasteiger partial charge in [0.2, 0.25) is 21.8 Å². The number of hydrogen-bond acceptors (Lipinski definition) is 9. The first-order valence-corrected chi connectivity index (χ1v) is 13.7.